The Morgan fingerprint density at radius 2 is 1.86 bits per heavy atom. The second-order valence-corrected chi connectivity index (χ2v) is 5.38. The Labute approximate surface area is 130 Å². The highest BCUT2D eigenvalue weighted by Gasteiger charge is 2.19. The van der Waals surface area contributed by atoms with E-state index in [2.05, 4.69) is 23.5 Å². The quantitative estimate of drug-likeness (QED) is 0.945. The number of hydrogen-bond donors (Lipinski definition) is 1. The van der Waals surface area contributed by atoms with Crippen LogP contribution in [0.3, 0.4) is 0 Å². The molecule has 4 nitrogen and oxygen atoms in total. The van der Waals surface area contributed by atoms with E-state index in [0.717, 1.165) is 18.7 Å². The number of nitriles is 1. The number of carbonyl (C=O) groups is 1. The molecule has 0 aliphatic carbocycles. The highest BCUT2D eigenvalue weighted by atomic mass is 16.2. The van der Waals surface area contributed by atoms with Crippen molar-refractivity contribution in [2.45, 2.75) is 13.0 Å². The number of nitrogens with zero attached hydrogens (tertiary/aromatic N) is 2. The molecule has 1 heterocycles. The van der Waals surface area contributed by atoms with Crippen LogP contribution in [0.1, 0.15) is 16.7 Å². The van der Waals surface area contributed by atoms with Gasteiger partial charge in [-0.25, -0.2) is 0 Å². The molecule has 0 atom stereocenters. The maximum Gasteiger partial charge on any atom is 0.242 e. The number of fused-ring (bicyclic) bond motifs is 1. The molecule has 1 amide bonds. The molecule has 0 fully saturated rings. The molecule has 4 heteroatoms. The topological polar surface area (TPSA) is 56.1 Å². The summed E-state index contributed by atoms with van der Waals surface area (Å²) in [4.78, 5) is 14.2. The lowest BCUT2D eigenvalue weighted by Gasteiger charge is -2.29. The monoisotopic (exact) mass is 291 g/mol. The second kappa shape index (κ2) is 6.31. The SMILES string of the molecule is N#Cc1ccc(NCC(=O)N2CCc3ccccc3C2)cc1. The fourth-order valence-corrected chi connectivity index (χ4v) is 2.66. The van der Waals surface area contributed by atoms with Crippen molar-refractivity contribution in [1.82, 2.24) is 4.90 Å². The summed E-state index contributed by atoms with van der Waals surface area (Å²) >= 11 is 0. The molecule has 0 unspecified atom stereocenters. The van der Waals surface area contributed by atoms with Gasteiger partial charge in [-0.3, -0.25) is 4.79 Å². The highest BCUT2D eigenvalue weighted by Crippen LogP contribution is 2.18. The van der Waals surface area contributed by atoms with Crippen LogP contribution in [0, 0.1) is 11.3 Å². The Morgan fingerprint density at radius 1 is 1.14 bits per heavy atom. The zero-order valence-corrected chi connectivity index (χ0v) is 12.2. The molecular formula is C18H17N3O. The minimum absolute atomic E-state index is 0.0962. The van der Waals surface area contributed by atoms with E-state index in [0.29, 0.717) is 12.1 Å². The van der Waals surface area contributed by atoms with Crippen LogP contribution in [-0.2, 0) is 17.8 Å². The third-order valence-electron chi connectivity index (χ3n) is 3.94. The fourth-order valence-electron chi connectivity index (χ4n) is 2.66. The molecule has 1 N–H and O–H groups in total. The predicted octanol–water partition coefficient (Wildman–Crippen LogP) is 2.56. The normalized spacial score (nSPS) is 13.1. The molecule has 2 aromatic rings. The fraction of sp³-hybridized carbons (Fsp3) is 0.222. The zero-order valence-electron chi connectivity index (χ0n) is 12.2. The summed E-state index contributed by atoms with van der Waals surface area (Å²) in [5.41, 5.74) is 4.04. The summed E-state index contributed by atoms with van der Waals surface area (Å²) in [6, 6.07) is 17.5. The Hall–Kier alpha value is -2.80. The Bertz CT molecular complexity index is 716. The predicted molar refractivity (Wildman–Crippen MR) is 85.2 cm³/mol. The minimum Gasteiger partial charge on any atom is -0.376 e. The summed E-state index contributed by atoms with van der Waals surface area (Å²) in [7, 11) is 0. The van der Waals surface area contributed by atoms with Crippen molar-refractivity contribution in [2.24, 2.45) is 0 Å². The van der Waals surface area contributed by atoms with Crippen LogP contribution in [0.25, 0.3) is 0 Å². The maximum atomic E-state index is 12.3. The highest BCUT2D eigenvalue weighted by molar-refractivity contribution is 5.81. The molecule has 0 radical (unpaired) electrons. The van der Waals surface area contributed by atoms with Gasteiger partial charge in [0.15, 0.2) is 0 Å². The van der Waals surface area contributed by atoms with Crippen LogP contribution in [0.2, 0.25) is 0 Å². The molecule has 0 spiro atoms. The standard InChI is InChI=1S/C18H17N3O/c19-11-14-5-7-17(8-6-14)20-12-18(22)21-10-9-15-3-1-2-4-16(15)13-21/h1-8,20H,9-10,12-13H2. The lowest BCUT2D eigenvalue weighted by atomic mass is 10.00. The molecule has 0 saturated carbocycles. The Kier molecular flexibility index (Phi) is 4.06. The average Bonchev–Trinajstić information content (AvgIpc) is 2.59. The number of anilines is 1. The van der Waals surface area contributed by atoms with Crippen LogP contribution >= 0.6 is 0 Å². The van der Waals surface area contributed by atoms with E-state index in [1.807, 2.05) is 29.2 Å². The molecular weight excluding hydrogens is 274 g/mol. The van der Waals surface area contributed by atoms with Gasteiger partial charge in [0.2, 0.25) is 5.91 Å². The molecule has 1 aliphatic heterocycles. The number of benzene rings is 2. The summed E-state index contributed by atoms with van der Waals surface area (Å²) < 4.78 is 0. The van der Waals surface area contributed by atoms with Gasteiger partial charge in [0, 0.05) is 18.8 Å². The van der Waals surface area contributed by atoms with Crippen molar-refractivity contribution in [3.8, 4) is 6.07 Å². The smallest absolute Gasteiger partial charge is 0.242 e. The first-order valence-electron chi connectivity index (χ1n) is 7.35. The van der Waals surface area contributed by atoms with Crippen LogP contribution in [0.4, 0.5) is 5.69 Å². The summed E-state index contributed by atoms with van der Waals surface area (Å²) in [6.07, 6.45) is 0.915. The zero-order chi connectivity index (χ0) is 15.4. The number of rotatable bonds is 3. The van der Waals surface area contributed by atoms with Crippen LogP contribution in [0.15, 0.2) is 48.5 Å². The summed E-state index contributed by atoms with van der Waals surface area (Å²) in [5, 5.41) is 11.9. The largest absolute Gasteiger partial charge is 0.376 e. The van der Waals surface area contributed by atoms with E-state index in [4.69, 9.17) is 5.26 Å². The van der Waals surface area contributed by atoms with Gasteiger partial charge < -0.3 is 10.2 Å². The van der Waals surface area contributed by atoms with E-state index in [9.17, 15) is 4.79 Å². The Morgan fingerprint density at radius 3 is 2.59 bits per heavy atom. The summed E-state index contributed by atoms with van der Waals surface area (Å²) in [5.74, 6) is 0.0962. The molecule has 0 aromatic heterocycles. The first-order chi connectivity index (χ1) is 10.8. The van der Waals surface area contributed by atoms with Gasteiger partial charge in [-0.15, -0.1) is 0 Å². The molecule has 1 aliphatic rings. The van der Waals surface area contributed by atoms with Gasteiger partial charge >= 0.3 is 0 Å². The lowest BCUT2D eigenvalue weighted by Crippen LogP contribution is -2.39. The molecule has 2 aromatic carbocycles. The molecule has 0 bridgehead atoms. The first-order valence-corrected chi connectivity index (χ1v) is 7.35. The molecule has 22 heavy (non-hydrogen) atoms. The number of nitrogens with one attached hydrogen (secondary N) is 1. The van der Waals surface area contributed by atoms with E-state index in [-0.39, 0.29) is 12.5 Å². The van der Waals surface area contributed by atoms with Crippen LogP contribution in [0.5, 0.6) is 0 Å². The van der Waals surface area contributed by atoms with Crippen molar-refractivity contribution in [1.29, 1.82) is 5.26 Å². The lowest BCUT2D eigenvalue weighted by molar-refractivity contribution is -0.130. The Balaban J connectivity index is 1.57. The van der Waals surface area contributed by atoms with Crippen molar-refractivity contribution < 1.29 is 4.79 Å². The van der Waals surface area contributed by atoms with E-state index in [1.165, 1.54) is 11.1 Å². The van der Waals surface area contributed by atoms with E-state index < -0.39 is 0 Å². The van der Waals surface area contributed by atoms with Crippen molar-refractivity contribution in [3.63, 3.8) is 0 Å². The number of hydrogen-bond acceptors (Lipinski definition) is 3. The average molecular weight is 291 g/mol. The summed E-state index contributed by atoms with van der Waals surface area (Å²) in [6.45, 7) is 1.73. The molecule has 0 saturated heterocycles. The first kappa shape index (κ1) is 14.2. The number of carbonyl (C=O) groups excluding carboxylic acids is 1. The van der Waals surface area contributed by atoms with Crippen molar-refractivity contribution >= 4 is 11.6 Å². The van der Waals surface area contributed by atoms with Crippen molar-refractivity contribution in [2.75, 3.05) is 18.4 Å². The second-order valence-electron chi connectivity index (χ2n) is 5.38. The van der Waals surface area contributed by atoms with Gasteiger partial charge in [0.05, 0.1) is 18.2 Å². The van der Waals surface area contributed by atoms with E-state index >= 15 is 0 Å². The number of amides is 1. The molecule has 110 valence electrons. The van der Waals surface area contributed by atoms with Crippen LogP contribution < -0.4 is 5.32 Å². The maximum absolute atomic E-state index is 12.3. The van der Waals surface area contributed by atoms with Gasteiger partial charge in [-0.1, -0.05) is 24.3 Å². The third kappa shape index (κ3) is 3.09. The van der Waals surface area contributed by atoms with Gasteiger partial charge in [0.1, 0.15) is 0 Å². The minimum atomic E-state index is 0.0962. The van der Waals surface area contributed by atoms with Gasteiger partial charge in [0.25, 0.3) is 0 Å². The third-order valence-corrected chi connectivity index (χ3v) is 3.94. The molecule has 3 rings (SSSR count). The van der Waals surface area contributed by atoms with E-state index in [1.54, 1.807) is 12.1 Å². The van der Waals surface area contributed by atoms with Crippen LogP contribution in [-0.4, -0.2) is 23.9 Å². The van der Waals surface area contributed by atoms with Gasteiger partial charge in [-0.05, 0) is 41.8 Å². The van der Waals surface area contributed by atoms with Crippen molar-refractivity contribution in [3.05, 3.63) is 65.2 Å². The van der Waals surface area contributed by atoms with Gasteiger partial charge in [-0.2, -0.15) is 5.26 Å².